The molecule has 0 spiro atoms. The highest BCUT2D eigenvalue weighted by Crippen LogP contribution is 2.42. The van der Waals surface area contributed by atoms with Crippen LogP contribution in [0.1, 0.15) is 0 Å². The SMILES string of the molecule is c1ccc(-c2ccc3c4ccccc4n(-c4nc(-c5ccccc5)nc(-c5cccc6c5sc5ccc(-c7cccc(-c8nc9ccccc9n8-c8ccccc8)c7)cc56)n4)c3c2)cc1. The van der Waals surface area contributed by atoms with Gasteiger partial charge in [0.15, 0.2) is 11.6 Å². The molecule has 0 amide bonds. The van der Waals surface area contributed by atoms with Crippen LogP contribution in [0.15, 0.2) is 218 Å². The Balaban J connectivity index is 0.964. The fourth-order valence-electron chi connectivity index (χ4n) is 9.35. The number of nitrogens with zero attached hydrogens (tertiary/aromatic N) is 6. The first-order valence-corrected chi connectivity index (χ1v) is 22.5. The molecule has 4 aromatic heterocycles. The maximum absolute atomic E-state index is 5.38. The first-order valence-electron chi connectivity index (χ1n) is 21.7. The van der Waals surface area contributed by atoms with Gasteiger partial charge in [0, 0.05) is 53.3 Å². The third-order valence-electron chi connectivity index (χ3n) is 12.4. The Labute approximate surface area is 378 Å². The number of rotatable bonds is 7. The Hall–Kier alpha value is -8.52. The van der Waals surface area contributed by atoms with E-state index in [0.717, 1.165) is 88.0 Å². The fourth-order valence-corrected chi connectivity index (χ4v) is 10.5. The van der Waals surface area contributed by atoms with Gasteiger partial charge in [-0.3, -0.25) is 9.13 Å². The van der Waals surface area contributed by atoms with Crippen LogP contribution in [0, 0.1) is 0 Å². The van der Waals surface area contributed by atoms with E-state index in [1.54, 1.807) is 11.3 Å². The minimum atomic E-state index is 0.575. The van der Waals surface area contributed by atoms with E-state index in [1.807, 2.05) is 30.3 Å². The number of aromatic nitrogens is 6. The molecule has 13 rings (SSSR count). The van der Waals surface area contributed by atoms with Crippen molar-refractivity contribution in [2.75, 3.05) is 0 Å². The van der Waals surface area contributed by atoms with Crippen LogP contribution in [0.5, 0.6) is 0 Å². The average Bonchev–Trinajstić information content (AvgIpc) is 4.07. The van der Waals surface area contributed by atoms with Crippen LogP contribution in [0.3, 0.4) is 0 Å². The van der Waals surface area contributed by atoms with Crippen LogP contribution in [-0.2, 0) is 0 Å². The van der Waals surface area contributed by atoms with E-state index in [0.29, 0.717) is 17.6 Å². The summed E-state index contributed by atoms with van der Waals surface area (Å²) in [4.78, 5) is 21.0. The largest absolute Gasteiger partial charge is 0.292 e. The second-order valence-corrected chi connectivity index (χ2v) is 17.3. The summed E-state index contributed by atoms with van der Waals surface area (Å²) in [6.45, 7) is 0. The maximum atomic E-state index is 5.38. The van der Waals surface area contributed by atoms with Gasteiger partial charge in [0.25, 0.3) is 0 Å². The van der Waals surface area contributed by atoms with Crippen molar-refractivity contribution in [2.45, 2.75) is 0 Å². The molecule has 7 heteroatoms. The van der Waals surface area contributed by atoms with Crippen LogP contribution < -0.4 is 0 Å². The summed E-state index contributed by atoms with van der Waals surface area (Å²) in [5.74, 6) is 2.74. The van der Waals surface area contributed by atoms with E-state index in [9.17, 15) is 0 Å². The van der Waals surface area contributed by atoms with E-state index in [-0.39, 0.29) is 0 Å². The zero-order valence-electron chi connectivity index (χ0n) is 34.9. The zero-order chi connectivity index (χ0) is 42.8. The molecule has 0 aliphatic carbocycles. The first-order chi connectivity index (χ1) is 32.2. The Morgan fingerprint density at radius 3 is 1.80 bits per heavy atom. The molecule has 0 atom stereocenters. The van der Waals surface area contributed by atoms with Crippen molar-refractivity contribution in [3.05, 3.63) is 218 Å². The van der Waals surface area contributed by atoms with Crippen molar-refractivity contribution in [2.24, 2.45) is 0 Å². The molecule has 0 N–H and O–H groups in total. The number of hydrogen-bond acceptors (Lipinski definition) is 5. The molecule has 65 heavy (non-hydrogen) atoms. The smallest absolute Gasteiger partial charge is 0.238 e. The minimum Gasteiger partial charge on any atom is -0.292 e. The third-order valence-corrected chi connectivity index (χ3v) is 13.6. The van der Waals surface area contributed by atoms with E-state index in [1.165, 1.54) is 15.5 Å². The Kier molecular flexibility index (Phi) is 8.60. The fraction of sp³-hybridized carbons (Fsp3) is 0. The van der Waals surface area contributed by atoms with Gasteiger partial charge >= 0.3 is 0 Å². The summed E-state index contributed by atoms with van der Waals surface area (Å²) in [6, 6.07) is 76.8. The summed E-state index contributed by atoms with van der Waals surface area (Å²) in [6.07, 6.45) is 0. The van der Waals surface area contributed by atoms with Crippen molar-refractivity contribution in [1.82, 2.24) is 29.1 Å². The topological polar surface area (TPSA) is 61.4 Å². The molecular weight excluding hydrogens is 813 g/mol. The van der Waals surface area contributed by atoms with Crippen LogP contribution in [-0.4, -0.2) is 29.1 Å². The molecule has 9 aromatic carbocycles. The van der Waals surface area contributed by atoms with Crippen molar-refractivity contribution >= 4 is 64.3 Å². The van der Waals surface area contributed by atoms with Gasteiger partial charge in [-0.2, -0.15) is 9.97 Å². The normalized spacial score (nSPS) is 11.7. The van der Waals surface area contributed by atoms with Crippen LogP contribution >= 0.6 is 11.3 Å². The zero-order valence-corrected chi connectivity index (χ0v) is 35.7. The summed E-state index contributed by atoms with van der Waals surface area (Å²) in [5, 5.41) is 4.65. The Morgan fingerprint density at radius 1 is 0.338 bits per heavy atom. The van der Waals surface area contributed by atoms with Crippen molar-refractivity contribution in [3.63, 3.8) is 0 Å². The van der Waals surface area contributed by atoms with E-state index in [2.05, 4.69) is 197 Å². The lowest BCUT2D eigenvalue weighted by molar-refractivity contribution is 0.954. The third kappa shape index (κ3) is 6.24. The molecule has 0 saturated carbocycles. The lowest BCUT2D eigenvalue weighted by Crippen LogP contribution is -2.06. The monoisotopic (exact) mass is 848 g/mol. The molecule has 0 radical (unpaired) electrons. The summed E-state index contributed by atoms with van der Waals surface area (Å²) in [7, 11) is 0. The van der Waals surface area contributed by atoms with Crippen molar-refractivity contribution in [1.29, 1.82) is 0 Å². The highest BCUT2D eigenvalue weighted by atomic mass is 32.1. The molecule has 0 aliphatic heterocycles. The molecular formula is C58H36N6S. The van der Waals surface area contributed by atoms with Gasteiger partial charge in [-0.25, -0.2) is 9.97 Å². The molecule has 4 heterocycles. The Bertz CT molecular complexity index is 3940. The maximum Gasteiger partial charge on any atom is 0.238 e. The molecule has 13 aromatic rings. The highest BCUT2D eigenvalue weighted by molar-refractivity contribution is 7.26. The van der Waals surface area contributed by atoms with Crippen molar-refractivity contribution < 1.29 is 0 Å². The van der Waals surface area contributed by atoms with Gasteiger partial charge < -0.3 is 0 Å². The number of para-hydroxylation sites is 4. The lowest BCUT2D eigenvalue weighted by atomic mass is 10.00. The van der Waals surface area contributed by atoms with Gasteiger partial charge in [0.05, 0.1) is 22.1 Å². The van der Waals surface area contributed by atoms with Gasteiger partial charge in [-0.15, -0.1) is 11.3 Å². The molecule has 0 saturated heterocycles. The molecule has 0 unspecified atom stereocenters. The van der Waals surface area contributed by atoms with Gasteiger partial charge in [0.1, 0.15) is 5.82 Å². The van der Waals surface area contributed by atoms with Crippen LogP contribution in [0.2, 0.25) is 0 Å². The number of hydrogen-bond donors (Lipinski definition) is 0. The summed E-state index contributed by atoms with van der Waals surface area (Å²) >= 11 is 1.78. The van der Waals surface area contributed by atoms with E-state index in [4.69, 9.17) is 19.9 Å². The van der Waals surface area contributed by atoms with Crippen molar-refractivity contribution in [3.8, 4) is 68.1 Å². The van der Waals surface area contributed by atoms with Crippen LogP contribution in [0.25, 0.3) is 121 Å². The quantitative estimate of drug-likeness (QED) is 0.160. The number of thiophene rings is 1. The molecule has 0 fully saturated rings. The lowest BCUT2D eigenvalue weighted by Gasteiger charge is -2.12. The first kappa shape index (κ1) is 37.1. The summed E-state index contributed by atoms with van der Waals surface area (Å²) in [5.41, 5.74) is 12.7. The number of fused-ring (bicyclic) bond motifs is 7. The van der Waals surface area contributed by atoms with Gasteiger partial charge in [-0.1, -0.05) is 158 Å². The highest BCUT2D eigenvalue weighted by Gasteiger charge is 2.21. The van der Waals surface area contributed by atoms with E-state index >= 15 is 0 Å². The predicted molar refractivity (Wildman–Crippen MR) is 269 cm³/mol. The molecule has 304 valence electrons. The van der Waals surface area contributed by atoms with Crippen LogP contribution in [0.4, 0.5) is 0 Å². The van der Waals surface area contributed by atoms with E-state index < -0.39 is 0 Å². The molecule has 0 aliphatic rings. The second-order valence-electron chi connectivity index (χ2n) is 16.3. The average molecular weight is 849 g/mol. The second kappa shape index (κ2) is 15.1. The van der Waals surface area contributed by atoms with Gasteiger partial charge in [-0.05, 0) is 82.9 Å². The number of benzene rings is 9. The molecule has 6 nitrogen and oxygen atoms in total. The summed E-state index contributed by atoms with van der Waals surface area (Å²) < 4.78 is 6.79. The number of imidazole rings is 1. The predicted octanol–water partition coefficient (Wildman–Crippen LogP) is 15.0. The van der Waals surface area contributed by atoms with Gasteiger partial charge in [0.2, 0.25) is 5.95 Å². The molecule has 0 bridgehead atoms. The Morgan fingerprint density at radius 2 is 0.954 bits per heavy atom. The minimum absolute atomic E-state index is 0.575. The standard InChI is InChI=1S/C58H36N6S/c1-4-16-37(17-5-1)41-30-32-45-44-24-10-12-28-50(44)64(52(45)36-41)58-61-55(38-18-6-2-7-19-38)60-56(62-58)47-26-15-25-46-48-35-40(31-33-53(48)65-54(46)47)39-20-14-21-42(34-39)57-59-49-27-11-13-29-51(49)63(57)43-22-8-3-9-23-43/h1-36H.